The minimum Gasteiger partial charge on any atom is -0.475 e. The zero-order valence-corrected chi connectivity index (χ0v) is 19.7. The summed E-state index contributed by atoms with van der Waals surface area (Å²) in [6.07, 6.45) is -4.53. The standard InChI is InChI=1S/C21H26N4O4.C2HF3O2/c1-12(2)16-11-24(8-7-22-16)20(28)13-3-4-14-10-25(21(29)15(14)9-13)17-5-6-18(26)23-19(17)27;3-2(4,5)1(6)7/h3-4,9,12,16-17,22H,5-8,10-11H2,1-2H3,(H,23,26,27);(H,6,7)/t16-,17?;/m1./s1. The van der Waals surface area contributed by atoms with Crippen molar-refractivity contribution < 1.29 is 42.3 Å². The van der Waals surface area contributed by atoms with Gasteiger partial charge in [0.15, 0.2) is 0 Å². The number of halogens is 3. The van der Waals surface area contributed by atoms with Crippen molar-refractivity contribution in [2.24, 2.45) is 5.92 Å². The number of rotatable bonds is 3. The molecule has 0 saturated carbocycles. The first-order valence-corrected chi connectivity index (χ1v) is 11.4. The molecule has 36 heavy (non-hydrogen) atoms. The number of hydrogen-bond acceptors (Lipinski definition) is 6. The fourth-order valence-electron chi connectivity index (χ4n) is 4.28. The number of hydrogen-bond donors (Lipinski definition) is 3. The first-order valence-electron chi connectivity index (χ1n) is 11.4. The molecule has 0 aromatic heterocycles. The lowest BCUT2D eigenvalue weighted by Crippen LogP contribution is -2.54. The predicted octanol–water partition coefficient (Wildman–Crippen LogP) is 1.15. The highest BCUT2D eigenvalue weighted by atomic mass is 19.4. The minimum absolute atomic E-state index is 0.0767. The Balaban J connectivity index is 0.000000454. The first kappa shape index (κ1) is 27.1. The van der Waals surface area contributed by atoms with Gasteiger partial charge in [0.05, 0.1) is 0 Å². The number of nitrogens with one attached hydrogen (secondary N) is 2. The Bertz CT molecular complexity index is 1070. The van der Waals surface area contributed by atoms with Gasteiger partial charge in [-0.3, -0.25) is 24.5 Å². The highest BCUT2D eigenvalue weighted by molar-refractivity contribution is 6.06. The Kier molecular flexibility index (Phi) is 8.02. The van der Waals surface area contributed by atoms with Crippen LogP contribution in [0.3, 0.4) is 0 Å². The van der Waals surface area contributed by atoms with E-state index >= 15 is 0 Å². The van der Waals surface area contributed by atoms with Crippen LogP contribution in [0.5, 0.6) is 0 Å². The Morgan fingerprint density at radius 1 is 1.17 bits per heavy atom. The molecule has 0 aliphatic carbocycles. The van der Waals surface area contributed by atoms with E-state index in [2.05, 4.69) is 24.5 Å². The maximum absolute atomic E-state index is 13.0. The molecule has 3 aliphatic rings. The number of piperazine rings is 1. The Hall–Kier alpha value is -3.48. The van der Waals surface area contributed by atoms with Crippen LogP contribution in [0, 0.1) is 5.92 Å². The van der Waals surface area contributed by atoms with Crippen LogP contribution in [0.4, 0.5) is 13.2 Å². The molecule has 1 aromatic rings. The van der Waals surface area contributed by atoms with Crippen LogP contribution in [0.2, 0.25) is 0 Å². The van der Waals surface area contributed by atoms with Gasteiger partial charge < -0.3 is 20.2 Å². The summed E-state index contributed by atoms with van der Waals surface area (Å²) in [5.41, 5.74) is 1.76. The van der Waals surface area contributed by atoms with Crippen molar-refractivity contribution in [3.8, 4) is 0 Å². The summed E-state index contributed by atoms with van der Waals surface area (Å²) in [4.78, 5) is 61.7. The zero-order valence-electron chi connectivity index (χ0n) is 19.7. The van der Waals surface area contributed by atoms with Gasteiger partial charge in [0.1, 0.15) is 6.04 Å². The summed E-state index contributed by atoms with van der Waals surface area (Å²) < 4.78 is 31.7. The van der Waals surface area contributed by atoms with Crippen molar-refractivity contribution in [1.82, 2.24) is 20.4 Å². The van der Waals surface area contributed by atoms with Crippen molar-refractivity contribution in [2.45, 2.75) is 51.5 Å². The number of fused-ring (bicyclic) bond motifs is 1. The summed E-state index contributed by atoms with van der Waals surface area (Å²) in [7, 11) is 0. The molecule has 0 bridgehead atoms. The molecular formula is C23H27F3N4O6. The summed E-state index contributed by atoms with van der Waals surface area (Å²) in [6.45, 7) is 6.60. The number of carboxylic acids is 1. The Labute approximate surface area is 204 Å². The molecule has 3 heterocycles. The van der Waals surface area contributed by atoms with E-state index in [4.69, 9.17) is 9.90 Å². The molecule has 0 radical (unpaired) electrons. The maximum Gasteiger partial charge on any atom is 0.490 e. The third kappa shape index (κ3) is 6.01. The minimum atomic E-state index is -5.08. The second-order valence-electron chi connectivity index (χ2n) is 9.13. The zero-order chi connectivity index (χ0) is 26.8. The van der Waals surface area contributed by atoms with E-state index in [1.165, 1.54) is 4.90 Å². The molecule has 3 aliphatic heterocycles. The molecule has 3 N–H and O–H groups in total. The van der Waals surface area contributed by atoms with Crippen molar-refractivity contribution in [3.05, 3.63) is 34.9 Å². The molecule has 0 spiro atoms. The molecular weight excluding hydrogens is 485 g/mol. The lowest BCUT2D eigenvalue weighted by atomic mass is 10.0. The highest BCUT2D eigenvalue weighted by Crippen LogP contribution is 2.28. The number of amides is 4. The van der Waals surface area contributed by atoms with Gasteiger partial charge in [-0.25, -0.2) is 4.79 Å². The number of piperidine rings is 1. The van der Waals surface area contributed by atoms with Gasteiger partial charge in [-0.2, -0.15) is 13.2 Å². The number of alkyl halides is 3. The summed E-state index contributed by atoms with van der Waals surface area (Å²) in [5.74, 6) is -3.41. The van der Waals surface area contributed by atoms with Gasteiger partial charge in [0.25, 0.3) is 11.8 Å². The van der Waals surface area contributed by atoms with Crippen LogP contribution >= 0.6 is 0 Å². The van der Waals surface area contributed by atoms with Crippen molar-refractivity contribution in [3.63, 3.8) is 0 Å². The molecule has 2 saturated heterocycles. The molecule has 196 valence electrons. The van der Waals surface area contributed by atoms with E-state index < -0.39 is 24.1 Å². The molecule has 4 rings (SSSR count). The van der Waals surface area contributed by atoms with Gasteiger partial charge in [-0.1, -0.05) is 19.9 Å². The second-order valence-corrected chi connectivity index (χ2v) is 9.13. The Morgan fingerprint density at radius 3 is 2.42 bits per heavy atom. The molecule has 2 atom stereocenters. The lowest BCUT2D eigenvalue weighted by molar-refractivity contribution is -0.192. The van der Waals surface area contributed by atoms with Crippen LogP contribution in [-0.4, -0.2) is 82.4 Å². The summed E-state index contributed by atoms with van der Waals surface area (Å²) in [6, 6.07) is 4.82. The van der Waals surface area contributed by atoms with E-state index in [1.807, 2.05) is 4.90 Å². The monoisotopic (exact) mass is 512 g/mol. The predicted molar refractivity (Wildman–Crippen MR) is 119 cm³/mol. The van der Waals surface area contributed by atoms with Crippen LogP contribution in [0.15, 0.2) is 18.2 Å². The van der Waals surface area contributed by atoms with Gasteiger partial charge in [0, 0.05) is 49.8 Å². The number of benzene rings is 1. The number of imide groups is 1. The van der Waals surface area contributed by atoms with Gasteiger partial charge in [0.2, 0.25) is 11.8 Å². The second kappa shape index (κ2) is 10.6. The SMILES string of the molecule is CC(C)[C@H]1CN(C(=O)c2ccc3c(c2)C(=O)N(C2CCC(=O)NC2=O)C3)CCN1.O=C(O)C(F)(F)F. The Morgan fingerprint density at radius 2 is 1.83 bits per heavy atom. The average molecular weight is 512 g/mol. The van der Waals surface area contributed by atoms with Crippen molar-refractivity contribution >= 4 is 29.6 Å². The van der Waals surface area contributed by atoms with Gasteiger partial charge in [-0.15, -0.1) is 0 Å². The van der Waals surface area contributed by atoms with Gasteiger partial charge in [-0.05, 0) is 30.0 Å². The van der Waals surface area contributed by atoms with Gasteiger partial charge >= 0.3 is 12.1 Å². The van der Waals surface area contributed by atoms with Crippen LogP contribution in [0.1, 0.15) is 53.0 Å². The van der Waals surface area contributed by atoms with E-state index in [0.717, 1.165) is 12.1 Å². The van der Waals surface area contributed by atoms with Crippen LogP contribution in [0.25, 0.3) is 0 Å². The average Bonchev–Trinajstić information content (AvgIpc) is 3.14. The molecule has 13 heteroatoms. The molecule has 4 amide bonds. The smallest absolute Gasteiger partial charge is 0.475 e. The number of nitrogens with zero attached hydrogens (tertiary/aromatic N) is 2. The fourth-order valence-corrected chi connectivity index (χ4v) is 4.28. The number of carboxylic acid groups (broad SMARTS) is 1. The first-order chi connectivity index (χ1) is 16.8. The third-order valence-electron chi connectivity index (χ3n) is 6.31. The third-order valence-corrected chi connectivity index (χ3v) is 6.31. The lowest BCUT2D eigenvalue weighted by Gasteiger charge is -2.35. The van der Waals surface area contributed by atoms with Crippen LogP contribution in [-0.2, 0) is 20.9 Å². The van der Waals surface area contributed by atoms with E-state index in [9.17, 15) is 32.3 Å². The molecule has 2 fully saturated rings. The quantitative estimate of drug-likeness (QED) is 0.517. The van der Waals surface area contributed by atoms with Crippen molar-refractivity contribution in [2.75, 3.05) is 19.6 Å². The topological polar surface area (TPSA) is 136 Å². The summed E-state index contributed by atoms with van der Waals surface area (Å²) in [5, 5.41) is 12.9. The highest BCUT2D eigenvalue weighted by Gasteiger charge is 2.40. The molecule has 1 aromatic carbocycles. The molecule has 1 unspecified atom stereocenters. The number of carbonyl (C=O) groups excluding carboxylic acids is 4. The normalized spacial score (nSPS) is 22.1. The fraction of sp³-hybridized carbons (Fsp3) is 0.522. The van der Waals surface area contributed by atoms with Crippen LogP contribution < -0.4 is 10.6 Å². The molecule has 10 nitrogen and oxygen atoms in total. The number of carbonyl (C=O) groups is 5. The van der Waals surface area contributed by atoms with E-state index in [0.29, 0.717) is 43.1 Å². The summed E-state index contributed by atoms with van der Waals surface area (Å²) >= 11 is 0. The van der Waals surface area contributed by atoms with E-state index in [-0.39, 0.29) is 30.2 Å². The largest absolute Gasteiger partial charge is 0.490 e. The van der Waals surface area contributed by atoms with E-state index in [1.54, 1.807) is 18.2 Å². The maximum atomic E-state index is 13.0. The number of aliphatic carboxylic acids is 1. The van der Waals surface area contributed by atoms with Crippen molar-refractivity contribution in [1.29, 1.82) is 0 Å².